The summed E-state index contributed by atoms with van der Waals surface area (Å²) in [5.41, 5.74) is 0.586. The fraction of sp³-hybridized carbons (Fsp3) is 0.750. The van der Waals surface area contributed by atoms with Crippen LogP contribution in [0.15, 0.2) is 5.38 Å². The molecule has 1 aromatic heterocycles. The molecular formula is C16H26N2O2S. The van der Waals surface area contributed by atoms with E-state index in [1.807, 2.05) is 6.92 Å². The van der Waals surface area contributed by atoms with Crippen molar-refractivity contribution in [2.45, 2.75) is 58.9 Å². The van der Waals surface area contributed by atoms with Crippen LogP contribution in [0.3, 0.4) is 0 Å². The molecule has 118 valence electrons. The Kier molecular flexibility index (Phi) is 4.73. The number of carboxylic acids is 1. The van der Waals surface area contributed by atoms with Gasteiger partial charge in [-0.25, -0.2) is 4.98 Å². The van der Waals surface area contributed by atoms with Crippen LogP contribution in [0.25, 0.3) is 0 Å². The van der Waals surface area contributed by atoms with E-state index < -0.39 is 11.4 Å². The van der Waals surface area contributed by atoms with Crippen molar-refractivity contribution in [3.05, 3.63) is 16.1 Å². The SMILES string of the molecule is CCC1(C(=O)O)CCCN(Cc2csc(C(C)(C)C)n2)C1. The van der Waals surface area contributed by atoms with Crippen molar-refractivity contribution in [3.63, 3.8) is 0 Å². The first-order valence-electron chi connectivity index (χ1n) is 7.67. The molecule has 1 N–H and O–H groups in total. The molecule has 0 saturated carbocycles. The fourth-order valence-corrected chi connectivity index (χ4v) is 3.83. The first kappa shape index (κ1) is 16.4. The number of nitrogens with zero attached hydrogens (tertiary/aromatic N) is 2. The molecule has 0 amide bonds. The summed E-state index contributed by atoms with van der Waals surface area (Å²) in [7, 11) is 0. The van der Waals surface area contributed by atoms with Crippen molar-refractivity contribution in [2.24, 2.45) is 5.41 Å². The third kappa shape index (κ3) is 3.64. The van der Waals surface area contributed by atoms with Crippen LogP contribution in [0.2, 0.25) is 0 Å². The average Bonchev–Trinajstić information content (AvgIpc) is 2.87. The van der Waals surface area contributed by atoms with Gasteiger partial charge in [-0.15, -0.1) is 11.3 Å². The van der Waals surface area contributed by atoms with Crippen LogP contribution in [0.5, 0.6) is 0 Å². The standard InChI is InChI=1S/C16H26N2O2S/c1-5-16(14(19)20)7-6-8-18(11-16)9-12-10-21-13(17-12)15(2,3)4/h10H,5-9,11H2,1-4H3,(H,19,20). The van der Waals surface area contributed by atoms with E-state index in [4.69, 9.17) is 4.98 Å². The highest BCUT2D eigenvalue weighted by Crippen LogP contribution is 2.34. The molecule has 0 spiro atoms. The van der Waals surface area contributed by atoms with E-state index in [1.165, 1.54) is 0 Å². The van der Waals surface area contributed by atoms with Gasteiger partial charge in [0, 0.05) is 23.9 Å². The van der Waals surface area contributed by atoms with Crippen LogP contribution >= 0.6 is 11.3 Å². The van der Waals surface area contributed by atoms with E-state index in [1.54, 1.807) is 11.3 Å². The van der Waals surface area contributed by atoms with E-state index in [2.05, 4.69) is 31.1 Å². The Labute approximate surface area is 131 Å². The van der Waals surface area contributed by atoms with Gasteiger partial charge < -0.3 is 5.11 Å². The predicted molar refractivity (Wildman–Crippen MR) is 85.7 cm³/mol. The Morgan fingerprint density at radius 1 is 1.52 bits per heavy atom. The van der Waals surface area contributed by atoms with Gasteiger partial charge in [-0.05, 0) is 25.8 Å². The molecule has 2 heterocycles. The number of likely N-dealkylation sites (tertiary alicyclic amines) is 1. The molecule has 0 bridgehead atoms. The number of carboxylic acid groups (broad SMARTS) is 1. The van der Waals surface area contributed by atoms with Crippen LogP contribution in [0, 0.1) is 5.41 Å². The van der Waals surface area contributed by atoms with Crippen molar-refractivity contribution >= 4 is 17.3 Å². The van der Waals surface area contributed by atoms with Crippen LogP contribution in [-0.2, 0) is 16.8 Å². The van der Waals surface area contributed by atoms with E-state index >= 15 is 0 Å². The largest absolute Gasteiger partial charge is 0.481 e. The van der Waals surface area contributed by atoms with Gasteiger partial charge in [0.1, 0.15) is 0 Å². The first-order valence-corrected chi connectivity index (χ1v) is 8.55. The third-order valence-corrected chi connectivity index (χ3v) is 5.68. The van der Waals surface area contributed by atoms with E-state index in [9.17, 15) is 9.90 Å². The highest BCUT2D eigenvalue weighted by Gasteiger charge is 2.40. The zero-order chi connectivity index (χ0) is 15.7. The number of hydrogen-bond donors (Lipinski definition) is 1. The van der Waals surface area contributed by atoms with Crippen molar-refractivity contribution in [1.29, 1.82) is 0 Å². The molecule has 4 nitrogen and oxygen atoms in total. The van der Waals surface area contributed by atoms with E-state index in [0.717, 1.165) is 36.6 Å². The van der Waals surface area contributed by atoms with Crippen LogP contribution in [0.4, 0.5) is 0 Å². The lowest BCUT2D eigenvalue weighted by Gasteiger charge is -2.39. The summed E-state index contributed by atoms with van der Waals surface area (Å²) in [4.78, 5) is 18.6. The van der Waals surface area contributed by atoms with Gasteiger partial charge in [0.05, 0.1) is 16.1 Å². The second kappa shape index (κ2) is 6.05. The quantitative estimate of drug-likeness (QED) is 0.924. The summed E-state index contributed by atoms with van der Waals surface area (Å²) < 4.78 is 0. The second-order valence-corrected chi connectivity index (χ2v) is 8.01. The molecule has 1 aromatic rings. The molecule has 1 aliphatic heterocycles. The summed E-state index contributed by atoms with van der Waals surface area (Å²) in [6.45, 7) is 10.9. The highest BCUT2D eigenvalue weighted by atomic mass is 32.1. The summed E-state index contributed by atoms with van der Waals surface area (Å²) in [6.07, 6.45) is 2.44. The second-order valence-electron chi connectivity index (χ2n) is 7.15. The Hall–Kier alpha value is -0.940. The van der Waals surface area contributed by atoms with Gasteiger partial charge in [0.25, 0.3) is 0 Å². The summed E-state index contributed by atoms with van der Waals surface area (Å²) in [5.74, 6) is -0.650. The average molecular weight is 310 g/mol. The molecule has 5 heteroatoms. The Bertz CT molecular complexity index is 507. The topological polar surface area (TPSA) is 53.4 Å². The zero-order valence-electron chi connectivity index (χ0n) is 13.5. The zero-order valence-corrected chi connectivity index (χ0v) is 14.3. The van der Waals surface area contributed by atoms with Gasteiger partial charge >= 0.3 is 5.97 Å². The minimum absolute atomic E-state index is 0.0824. The van der Waals surface area contributed by atoms with Crippen molar-refractivity contribution in [2.75, 3.05) is 13.1 Å². The van der Waals surface area contributed by atoms with E-state index in [0.29, 0.717) is 13.0 Å². The lowest BCUT2D eigenvalue weighted by atomic mass is 9.77. The van der Waals surface area contributed by atoms with Gasteiger partial charge in [-0.2, -0.15) is 0 Å². The number of aromatic nitrogens is 1. The molecule has 0 radical (unpaired) electrons. The van der Waals surface area contributed by atoms with Gasteiger partial charge in [-0.1, -0.05) is 27.7 Å². The van der Waals surface area contributed by atoms with E-state index in [-0.39, 0.29) is 5.41 Å². The van der Waals surface area contributed by atoms with Crippen molar-refractivity contribution < 1.29 is 9.90 Å². The Morgan fingerprint density at radius 3 is 2.76 bits per heavy atom. The number of aliphatic carboxylic acids is 1. The molecule has 0 aromatic carbocycles. The molecule has 1 aliphatic rings. The highest BCUT2D eigenvalue weighted by molar-refractivity contribution is 7.09. The number of thiazole rings is 1. The third-order valence-electron chi connectivity index (χ3n) is 4.37. The maximum atomic E-state index is 11.6. The lowest BCUT2D eigenvalue weighted by molar-refractivity contribution is -0.153. The number of piperidine rings is 1. The lowest BCUT2D eigenvalue weighted by Crippen LogP contribution is -2.47. The minimum Gasteiger partial charge on any atom is -0.481 e. The number of carbonyl (C=O) groups is 1. The predicted octanol–water partition coefficient (Wildman–Crippen LogP) is 3.52. The van der Waals surface area contributed by atoms with Crippen LogP contribution < -0.4 is 0 Å². The Morgan fingerprint density at radius 2 is 2.24 bits per heavy atom. The Balaban J connectivity index is 2.06. The van der Waals surface area contributed by atoms with Crippen molar-refractivity contribution in [3.8, 4) is 0 Å². The van der Waals surface area contributed by atoms with Gasteiger partial charge in [0.2, 0.25) is 0 Å². The molecular weight excluding hydrogens is 284 g/mol. The number of hydrogen-bond acceptors (Lipinski definition) is 4. The minimum atomic E-state index is -0.650. The van der Waals surface area contributed by atoms with Crippen LogP contribution in [-0.4, -0.2) is 34.0 Å². The fourth-order valence-electron chi connectivity index (χ4n) is 2.93. The molecule has 1 unspecified atom stereocenters. The molecule has 1 saturated heterocycles. The van der Waals surface area contributed by atoms with Crippen molar-refractivity contribution in [1.82, 2.24) is 9.88 Å². The molecule has 2 rings (SSSR count). The molecule has 21 heavy (non-hydrogen) atoms. The maximum absolute atomic E-state index is 11.6. The molecule has 1 atom stereocenters. The molecule has 1 fully saturated rings. The van der Waals surface area contributed by atoms with Gasteiger partial charge in [0.15, 0.2) is 0 Å². The molecule has 0 aliphatic carbocycles. The maximum Gasteiger partial charge on any atom is 0.310 e. The first-order chi connectivity index (χ1) is 9.77. The normalized spacial score (nSPS) is 24.2. The van der Waals surface area contributed by atoms with Crippen LogP contribution in [0.1, 0.15) is 57.7 Å². The van der Waals surface area contributed by atoms with Gasteiger partial charge in [-0.3, -0.25) is 9.69 Å². The summed E-state index contributed by atoms with van der Waals surface area (Å²) >= 11 is 1.70. The smallest absolute Gasteiger partial charge is 0.310 e. The summed E-state index contributed by atoms with van der Waals surface area (Å²) in [6, 6.07) is 0. The summed E-state index contributed by atoms with van der Waals surface area (Å²) in [5, 5.41) is 12.8. The monoisotopic (exact) mass is 310 g/mol. The number of rotatable bonds is 4.